The zero-order chi connectivity index (χ0) is 16.2. The fourth-order valence-electron chi connectivity index (χ4n) is 2.84. The molecule has 1 saturated heterocycles. The number of rotatable bonds is 5. The van der Waals surface area contributed by atoms with Gasteiger partial charge in [-0.1, -0.05) is 12.1 Å². The fourth-order valence-corrected chi connectivity index (χ4v) is 2.84. The van der Waals surface area contributed by atoms with E-state index in [-0.39, 0.29) is 12.1 Å². The Hall–Kier alpha value is -2.43. The molecule has 1 aromatic carbocycles. The molecule has 0 saturated carbocycles. The van der Waals surface area contributed by atoms with Gasteiger partial charge in [0.05, 0.1) is 13.2 Å². The quantitative estimate of drug-likeness (QED) is 0.921. The minimum absolute atomic E-state index is 0.0210. The number of ether oxygens (including phenoxy) is 1. The van der Waals surface area contributed by atoms with Crippen LogP contribution in [0.25, 0.3) is 0 Å². The monoisotopic (exact) mass is 314 g/mol. The van der Waals surface area contributed by atoms with E-state index in [0.717, 1.165) is 35.8 Å². The number of furan rings is 1. The Labute approximate surface area is 136 Å². The number of hydrogen-bond donors (Lipinski definition) is 1. The lowest BCUT2D eigenvalue weighted by molar-refractivity contribution is 0.115. The van der Waals surface area contributed by atoms with Crippen LogP contribution in [0, 0.1) is 6.92 Å². The van der Waals surface area contributed by atoms with Crippen LogP contribution in [0.15, 0.2) is 40.8 Å². The van der Waals surface area contributed by atoms with E-state index in [1.165, 1.54) is 0 Å². The Morgan fingerprint density at radius 2 is 2.26 bits per heavy atom. The van der Waals surface area contributed by atoms with Crippen LogP contribution in [-0.4, -0.2) is 31.1 Å². The van der Waals surface area contributed by atoms with E-state index in [2.05, 4.69) is 5.32 Å². The van der Waals surface area contributed by atoms with Crippen molar-refractivity contribution in [3.63, 3.8) is 0 Å². The standard InChI is InChI=1S/C18H22N2O3/c1-13-6-7-15(23-13)8-10-19-18(21)20-11-9-17(20)14-4-3-5-16(12-14)22-2/h3-7,12,17H,8-11H2,1-2H3,(H,19,21)/t17-/m0/s1. The summed E-state index contributed by atoms with van der Waals surface area (Å²) in [6.07, 6.45) is 1.69. The molecule has 1 aliphatic heterocycles. The number of nitrogens with zero attached hydrogens (tertiary/aromatic N) is 1. The maximum Gasteiger partial charge on any atom is 0.317 e. The summed E-state index contributed by atoms with van der Waals surface area (Å²) in [7, 11) is 1.65. The van der Waals surface area contributed by atoms with Gasteiger partial charge in [0.2, 0.25) is 0 Å². The van der Waals surface area contributed by atoms with Gasteiger partial charge in [-0.3, -0.25) is 0 Å². The number of nitrogens with one attached hydrogen (secondary N) is 1. The highest BCUT2D eigenvalue weighted by Gasteiger charge is 2.33. The van der Waals surface area contributed by atoms with Crippen LogP contribution in [0.3, 0.4) is 0 Å². The van der Waals surface area contributed by atoms with Gasteiger partial charge in [-0.2, -0.15) is 0 Å². The van der Waals surface area contributed by atoms with Crippen LogP contribution in [0.5, 0.6) is 5.75 Å². The first kappa shape index (κ1) is 15.5. The van der Waals surface area contributed by atoms with Gasteiger partial charge in [0.25, 0.3) is 0 Å². The third kappa shape index (κ3) is 3.50. The molecule has 2 amide bonds. The normalized spacial score (nSPS) is 16.8. The molecular weight excluding hydrogens is 292 g/mol. The van der Waals surface area contributed by atoms with E-state index >= 15 is 0 Å². The van der Waals surface area contributed by atoms with E-state index < -0.39 is 0 Å². The highest BCUT2D eigenvalue weighted by molar-refractivity contribution is 5.75. The molecule has 23 heavy (non-hydrogen) atoms. The number of aryl methyl sites for hydroxylation is 1. The topological polar surface area (TPSA) is 54.7 Å². The highest BCUT2D eigenvalue weighted by Crippen LogP contribution is 2.34. The lowest BCUT2D eigenvalue weighted by atomic mass is 9.95. The summed E-state index contributed by atoms with van der Waals surface area (Å²) in [4.78, 5) is 14.2. The molecule has 0 spiro atoms. The molecule has 2 aromatic rings. The second-order valence-electron chi connectivity index (χ2n) is 5.77. The molecule has 5 heteroatoms. The Bertz CT molecular complexity index is 680. The number of likely N-dealkylation sites (tertiary alicyclic amines) is 1. The van der Waals surface area contributed by atoms with Crippen LogP contribution in [0.4, 0.5) is 4.79 Å². The first-order chi connectivity index (χ1) is 11.2. The third-order valence-electron chi connectivity index (χ3n) is 4.20. The molecule has 0 aliphatic carbocycles. The van der Waals surface area contributed by atoms with Crippen LogP contribution in [0.1, 0.15) is 29.5 Å². The number of carbonyl (C=O) groups is 1. The van der Waals surface area contributed by atoms with E-state index in [4.69, 9.17) is 9.15 Å². The summed E-state index contributed by atoms with van der Waals surface area (Å²) >= 11 is 0. The van der Waals surface area contributed by atoms with Crippen molar-refractivity contribution in [3.8, 4) is 5.75 Å². The second-order valence-corrected chi connectivity index (χ2v) is 5.77. The molecule has 1 aromatic heterocycles. The molecule has 3 rings (SSSR count). The van der Waals surface area contributed by atoms with Crippen molar-refractivity contribution in [2.75, 3.05) is 20.2 Å². The van der Waals surface area contributed by atoms with E-state index in [9.17, 15) is 4.79 Å². The van der Waals surface area contributed by atoms with Gasteiger partial charge in [0.15, 0.2) is 0 Å². The van der Waals surface area contributed by atoms with Crippen LogP contribution in [-0.2, 0) is 6.42 Å². The van der Waals surface area contributed by atoms with Crippen molar-refractivity contribution < 1.29 is 13.9 Å². The Balaban J connectivity index is 1.53. The number of urea groups is 1. The highest BCUT2D eigenvalue weighted by atomic mass is 16.5. The van der Waals surface area contributed by atoms with Crippen molar-refractivity contribution in [3.05, 3.63) is 53.5 Å². The molecule has 1 fully saturated rings. The van der Waals surface area contributed by atoms with E-state index in [0.29, 0.717) is 13.0 Å². The number of amides is 2. The minimum atomic E-state index is -0.0210. The van der Waals surface area contributed by atoms with Crippen molar-refractivity contribution in [2.45, 2.75) is 25.8 Å². The summed E-state index contributed by atoms with van der Waals surface area (Å²) in [6, 6.07) is 11.9. The van der Waals surface area contributed by atoms with Crippen LogP contribution >= 0.6 is 0 Å². The van der Waals surface area contributed by atoms with Crippen molar-refractivity contribution in [1.29, 1.82) is 0 Å². The molecule has 2 heterocycles. The second kappa shape index (κ2) is 6.77. The predicted octanol–water partition coefficient (Wildman–Crippen LogP) is 3.30. The van der Waals surface area contributed by atoms with Crippen molar-refractivity contribution in [2.24, 2.45) is 0 Å². The molecular formula is C18H22N2O3. The van der Waals surface area contributed by atoms with Gasteiger partial charge in [0, 0.05) is 19.5 Å². The average molecular weight is 314 g/mol. The van der Waals surface area contributed by atoms with Gasteiger partial charge in [-0.05, 0) is 43.2 Å². The zero-order valence-corrected chi connectivity index (χ0v) is 13.5. The average Bonchev–Trinajstić information content (AvgIpc) is 2.92. The fraction of sp³-hybridized carbons (Fsp3) is 0.389. The Kier molecular flexibility index (Phi) is 4.55. The molecule has 0 radical (unpaired) electrons. The molecule has 0 unspecified atom stereocenters. The van der Waals surface area contributed by atoms with Gasteiger partial charge >= 0.3 is 6.03 Å². The number of benzene rings is 1. The van der Waals surface area contributed by atoms with Gasteiger partial charge in [-0.25, -0.2) is 4.79 Å². The lowest BCUT2D eigenvalue weighted by Crippen LogP contribution is -2.50. The Morgan fingerprint density at radius 3 is 2.91 bits per heavy atom. The van der Waals surface area contributed by atoms with Crippen LogP contribution in [0.2, 0.25) is 0 Å². The number of carbonyl (C=O) groups excluding carboxylic acids is 1. The number of methoxy groups -OCH3 is 1. The van der Waals surface area contributed by atoms with Crippen LogP contribution < -0.4 is 10.1 Å². The zero-order valence-electron chi connectivity index (χ0n) is 13.5. The van der Waals surface area contributed by atoms with E-state index in [1.807, 2.05) is 48.2 Å². The van der Waals surface area contributed by atoms with Gasteiger partial charge in [-0.15, -0.1) is 0 Å². The van der Waals surface area contributed by atoms with Gasteiger partial charge in [0.1, 0.15) is 17.3 Å². The SMILES string of the molecule is COc1cccc([C@@H]2CCN2C(=O)NCCc2ccc(C)o2)c1. The summed E-state index contributed by atoms with van der Waals surface area (Å²) < 4.78 is 10.8. The third-order valence-corrected chi connectivity index (χ3v) is 4.20. The first-order valence-electron chi connectivity index (χ1n) is 7.91. The molecule has 1 atom stereocenters. The Morgan fingerprint density at radius 1 is 1.39 bits per heavy atom. The first-order valence-corrected chi connectivity index (χ1v) is 7.91. The maximum absolute atomic E-state index is 12.3. The smallest absolute Gasteiger partial charge is 0.317 e. The summed E-state index contributed by atoms with van der Waals surface area (Å²) in [6.45, 7) is 3.28. The summed E-state index contributed by atoms with van der Waals surface area (Å²) in [5, 5.41) is 2.97. The van der Waals surface area contributed by atoms with Crippen molar-refractivity contribution >= 4 is 6.03 Å². The molecule has 122 valence electrons. The lowest BCUT2D eigenvalue weighted by Gasteiger charge is -2.41. The maximum atomic E-state index is 12.3. The molecule has 5 nitrogen and oxygen atoms in total. The molecule has 0 bridgehead atoms. The summed E-state index contributed by atoms with van der Waals surface area (Å²) in [5.74, 6) is 2.62. The number of hydrogen-bond acceptors (Lipinski definition) is 3. The predicted molar refractivity (Wildman–Crippen MR) is 87.6 cm³/mol. The largest absolute Gasteiger partial charge is 0.497 e. The van der Waals surface area contributed by atoms with Gasteiger partial charge < -0.3 is 19.4 Å². The summed E-state index contributed by atoms with van der Waals surface area (Å²) in [5.41, 5.74) is 1.12. The molecule has 1 aliphatic rings. The van der Waals surface area contributed by atoms with E-state index in [1.54, 1.807) is 7.11 Å². The molecule has 1 N–H and O–H groups in total. The minimum Gasteiger partial charge on any atom is -0.497 e. The van der Waals surface area contributed by atoms with Crippen molar-refractivity contribution in [1.82, 2.24) is 10.2 Å².